The van der Waals surface area contributed by atoms with Gasteiger partial charge in [-0.25, -0.2) is 9.97 Å². The zero-order valence-corrected chi connectivity index (χ0v) is 15.6. The molecular formula is C16H20IN3S. The maximum Gasteiger partial charge on any atom is 0.161 e. The molecule has 0 bridgehead atoms. The summed E-state index contributed by atoms with van der Waals surface area (Å²) in [5.74, 6) is 1.75. The lowest BCUT2D eigenvalue weighted by Crippen LogP contribution is -2.08. The van der Waals surface area contributed by atoms with Gasteiger partial charge in [-0.05, 0) is 54.3 Å². The number of nitrogens with one attached hydrogen (secondary N) is 1. The molecule has 1 heterocycles. The molecule has 0 amide bonds. The molecule has 0 radical (unpaired) electrons. The average molecular weight is 413 g/mol. The molecule has 0 aliphatic heterocycles. The third-order valence-electron chi connectivity index (χ3n) is 3.10. The van der Waals surface area contributed by atoms with E-state index in [1.807, 2.05) is 0 Å². The number of hydrogen-bond acceptors (Lipinski definition) is 4. The van der Waals surface area contributed by atoms with Gasteiger partial charge in [0.25, 0.3) is 0 Å². The quantitative estimate of drug-likeness (QED) is 0.543. The number of hydrogen-bond donors (Lipinski definition) is 1. The van der Waals surface area contributed by atoms with Crippen LogP contribution in [0.2, 0.25) is 0 Å². The van der Waals surface area contributed by atoms with Crippen LogP contribution in [0.5, 0.6) is 0 Å². The van der Waals surface area contributed by atoms with Crippen LogP contribution in [0.1, 0.15) is 26.0 Å². The first-order valence-electron chi connectivity index (χ1n) is 7.14. The van der Waals surface area contributed by atoms with Crippen molar-refractivity contribution in [2.75, 3.05) is 18.1 Å². The summed E-state index contributed by atoms with van der Waals surface area (Å²) in [7, 11) is 0. The van der Waals surface area contributed by atoms with Gasteiger partial charge in [-0.3, -0.25) is 0 Å². The lowest BCUT2D eigenvalue weighted by atomic mass is 10.2. The van der Waals surface area contributed by atoms with E-state index in [-0.39, 0.29) is 0 Å². The Hall–Kier alpha value is -0.820. The van der Waals surface area contributed by atoms with Crippen LogP contribution >= 0.6 is 34.4 Å². The molecule has 1 aromatic carbocycles. The molecule has 0 unspecified atom stereocenters. The van der Waals surface area contributed by atoms with Gasteiger partial charge in [0, 0.05) is 17.0 Å². The second-order valence-corrected chi connectivity index (χ2v) is 6.62. The van der Waals surface area contributed by atoms with Gasteiger partial charge >= 0.3 is 0 Å². The molecule has 112 valence electrons. The lowest BCUT2D eigenvalue weighted by molar-refractivity contribution is 0.867. The highest BCUT2D eigenvalue weighted by Crippen LogP contribution is 2.26. The molecule has 0 atom stereocenters. The average Bonchev–Trinajstić information content (AvgIpc) is 2.51. The summed E-state index contributed by atoms with van der Waals surface area (Å²) in [6.45, 7) is 5.13. The Labute approximate surface area is 144 Å². The van der Waals surface area contributed by atoms with Crippen LogP contribution in [0.25, 0.3) is 11.4 Å². The van der Waals surface area contributed by atoms with E-state index < -0.39 is 0 Å². The molecule has 0 fully saturated rings. The Kier molecular flexibility index (Phi) is 6.29. The van der Waals surface area contributed by atoms with Crippen LogP contribution in [0.3, 0.4) is 0 Å². The lowest BCUT2D eigenvalue weighted by Gasteiger charge is -2.12. The number of rotatable bonds is 6. The highest BCUT2D eigenvalue weighted by molar-refractivity contribution is 14.1. The molecule has 3 nitrogen and oxygen atoms in total. The van der Waals surface area contributed by atoms with E-state index in [0.717, 1.165) is 45.9 Å². The van der Waals surface area contributed by atoms with E-state index in [9.17, 15) is 0 Å². The third-order valence-corrected chi connectivity index (χ3v) is 4.98. The number of thioether (sulfide) groups is 1. The van der Waals surface area contributed by atoms with Gasteiger partial charge in [0.15, 0.2) is 5.82 Å². The minimum Gasteiger partial charge on any atom is -0.369 e. The summed E-state index contributed by atoms with van der Waals surface area (Å²) in [4.78, 5) is 10.7. The van der Waals surface area contributed by atoms with Crippen LogP contribution in [-0.2, 0) is 6.42 Å². The largest absolute Gasteiger partial charge is 0.369 e. The Morgan fingerprint density at radius 2 is 1.86 bits per heavy atom. The van der Waals surface area contributed by atoms with Gasteiger partial charge in [0.1, 0.15) is 5.82 Å². The van der Waals surface area contributed by atoms with Crippen LogP contribution in [0, 0.1) is 3.57 Å². The van der Waals surface area contributed by atoms with Crippen molar-refractivity contribution in [3.8, 4) is 11.4 Å². The molecule has 0 spiro atoms. The predicted octanol–water partition coefficient (Wildman–Crippen LogP) is 4.85. The Balaban J connectivity index is 2.45. The van der Waals surface area contributed by atoms with Crippen molar-refractivity contribution in [2.45, 2.75) is 31.6 Å². The molecule has 1 aromatic heterocycles. The first kappa shape index (κ1) is 16.5. The monoisotopic (exact) mass is 413 g/mol. The highest BCUT2D eigenvalue weighted by atomic mass is 127. The zero-order valence-electron chi connectivity index (χ0n) is 12.6. The first-order valence-corrected chi connectivity index (χ1v) is 9.44. The fraction of sp³-hybridized carbons (Fsp3) is 0.375. The number of anilines is 1. The SMILES string of the molecule is CCCc1nc(-c2ccc(SC)cc2)nc(NCC)c1I. The number of aryl methyl sites for hydroxylation is 1. The third kappa shape index (κ3) is 4.10. The molecule has 0 aliphatic rings. The number of halogens is 1. The van der Waals surface area contributed by atoms with Crippen LogP contribution in [0.15, 0.2) is 29.2 Å². The van der Waals surface area contributed by atoms with E-state index in [1.165, 1.54) is 4.90 Å². The van der Waals surface area contributed by atoms with Gasteiger partial charge in [-0.2, -0.15) is 0 Å². The molecule has 2 rings (SSSR count). The smallest absolute Gasteiger partial charge is 0.161 e. The van der Waals surface area contributed by atoms with E-state index >= 15 is 0 Å². The summed E-state index contributed by atoms with van der Waals surface area (Å²) in [5.41, 5.74) is 2.20. The highest BCUT2D eigenvalue weighted by Gasteiger charge is 2.12. The van der Waals surface area contributed by atoms with Crippen molar-refractivity contribution >= 4 is 40.2 Å². The van der Waals surface area contributed by atoms with Crippen LogP contribution in [-0.4, -0.2) is 22.8 Å². The topological polar surface area (TPSA) is 37.8 Å². The summed E-state index contributed by atoms with van der Waals surface area (Å²) in [5, 5.41) is 3.34. The van der Waals surface area contributed by atoms with Crippen molar-refractivity contribution in [2.24, 2.45) is 0 Å². The van der Waals surface area contributed by atoms with E-state index in [1.54, 1.807) is 11.8 Å². The minimum absolute atomic E-state index is 0.808. The normalized spacial score (nSPS) is 10.7. The van der Waals surface area contributed by atoms with E-state index in [2.05, 4.69) is 72.3 Å². The molecular weight excluding hydrogens is 393 g/mol. The van der Waals surface area contributed by atoms with Crippen molar-refractivity contribution in [1.82, 2.24) is 9.97 Å². The van der Waals surface area contributed by atoms with Gasteiger partial charge < -0.3 is 5.32 Å². The van der Waals surface area contributed by atoms with Crippen molar-refractivity contribution in [1.29, 1.82) is 0 Å². The van der Waals surface area contributed by atoms with E-state index in [0.29, 0.717) is 0 Å². The Bertz CT molecular complexity index is 572. The fourth-order valence-electron chi connectivity index (χ4n) is 2.05. The number of benzene rings is 1. The Morgan fingerprint density at radius 3 is 2.43 bits per heavy atom. The van der Waals surface area contributed by atoms with Crippen LogP contribution < -0.4 is 5.32 Å². The van der Waals surface area contributed by atoms with Crippen LogP contribution in [0.4, 0.5) is 5.82 Å². The first-order chi connectivity index (χ1) is 10.2. The summed E-state index contributed by atoms with van der Waals surface area (Å²) in [6, 6.07) is 8.43. The second-order valence-electron chi connectivity index (χ2n) is 4.67. The molecule has 0 aliphatic carbocycles. The zero-order chi connectivity index (χ0) is 15.2. The maximum absolute atomic E-state index is 4.77. The molecule has 2 aromatic rings. The van der Waals surface area contributed by atoms with Gasteiger partial charge in [0.05, 0.1) is 9.26 Å². The second kappa shape index (κ2) is 7.98. The maximum atomic E-state index is 4.77. The molecule has 0 saturated heterocycles. The van der Waals surface area contributed by atoms with Crippen molar-refractivity contribution in [3.63, 3.8) is 0 Å². The van der Waals surface area contributed by atoms with E-state index in [4.69, 9.17) is 9.97 Å². The minimum atomic E-state index is 0.808. The van der Waals surface area contributed by atoms with Crippen molar-refractivity contribution < 1.29 is 0 Å². The number of nitrogens with zero attached hydrogens (tertiary/aromatic N) is 2. The molecule has 5 heteroatoms. The van der Waals surface area contributed by atoms with Gasteiger partial charge in [-0.1, -0.05) is 25.5 Å². The molecule has 21 heavy (non-hydrogen) atoms. The summed E-state index contributed by atoms with van der Waals surface area (Å²) < 4.78 is 1.14. The van der Waals surface area contributed by atoms with Crippen molar-refractivity contribution in [3.05, 3.63) is 33.5 Å². The molecule has 1 N–H and O–H groups in total. The fourth-order valence-corrected chi connectivity index (χ4v) is 3.16. The predicted molar refractivity (Wildman–Crippen MR) is 100 cm³/mol. The van der Waals surface area contributed by atoms with Gasteiger partial charge in [-0.15, -0.1) is 11.8 Å². The number of aromatic nitrogens is 2. The van der Waals surface area contributed by atoms with Gasteiger partial charge in [0.2, 0.25) is 0 Å². The summed E-state index contributed by atoms with van der Waals surface area (Å²) >= 11 is 4.09. The Morgan fingerprint density at radius 1 is 1.14 bits per heavy atom. The standard InChI is InChI=1S/C16H20IN3S/c1-4-6-13-14(17)16(18-5-2)20-15(19-13)11-7-9-12(21-3)10-8-11/h7-10H,4-6H2,1-3H3,(H,18,19,20). The summed E-state index contributed by atoms with van der Waals surface area (Å²) in [6.07, 6.45) is 4.15. The molecule has 0 saturated carbocycles.